The SMILES string of the molecule is COCC(C)n1c(-c2cnc(OC)nc2OC)nc2c1CN(c1ccc(F)c(Cl)c1)C2=O. The van der Waals surface area contributed by atoms with Gasteiger partial charge in [0.2, 0.25) is 5.88 Å². The molecule has 0 bridgehead atoms. The van der Waals surface area contributed by atoms with Crippen LogP contribution < -0.4 is 14.4 Å². The Morgan fingerprint density at radius 1 is 1.22 bits per heavy atom. The molecule has 3 aromatic rings. The van der Waals surface area contributed by atoms with Crippen LogP contribution >= 0.6 is 11.6 Å². The van der Waals surface area contributed by atoms with Crippen LogP contribution in [0.1, 0.15) is 29.1 Å². The molecular formula is C21H21ClFN5O4. The molecule has 1 atom stereocenters. The van der Waals surface area contributed by atoms with Gasteiger partial charge in [-0.25, -0.2) is 14.4 Å². The number of carbonyl (C=O) groups excluding carboxylic acids is 1. The number of amides is 1. The molecule has 0 spiro atoms. The van der Waals surface area contributed by atoms with E-state index in [1.54, 1.807) is 13.3 Å². The molecule has 32 heavy (non-hydrogen) atoms. The van der Waals surface area contributed by atoms with Crippen molar-refractivity contribution in [2.24, 2.45) is 0 Å². The van der Waals surface area contributed by atoms with E-state index in [4.69, 9.17) is 25.8 Å². The minimum Gasteiger partial charge on any atom is -0.480 e. The number of methoxy groups -OCH3 is 3. The lowest BCUT2D eigenvalue weighted by Crippen LogP contribution is -2.25. The summed E-state index contributed by atoms with van der Waals surface area (Å²) in [6, 6.07) is 4.15. The number of anilines is 1. The maximum Gasteiger partial charge on any atom is 0.319 e. The summed E-state index contributed by atoms with van der Waals surface area (Å²) in [5, 5.41) is -0.0590. The predicted molar refractivity (Wildman–Crippen MR) is 115 cm³/mol. The van der Waals surface area contributed by atoms with Crippen LogP contribution in [0.5, 0.6) is 11.9 Å². The van der Waals surface area contributed by atoms with E-state index in [1.165, 1.54) is 37.3 Å². The van der Waals surface area contributed by atoms with E-state index in [0.717, 1.165) is 0 Å². The van der Waals surface area contributed by atoms with Crippen LogP contribution in [-0.2, 0) is 11.3 Å². The first-order valence-corrected chi connectivity index (χ1v) is 10.1. The largest absolute Gasteiger partial charge is 0.480 e. The number of hydrogen-bond acceptors (Lipinski definition) is 7. The van der Waals surface area contributed by atoms with Crippen molar-refractivity contribution in [3.05, 3.63) is 46.6 Å². The van der Waals surface area contributed by atoms with Crippen molar-refractivity contribution >= 4 is 23.2 Å². The Labute approximate surface area is 188 Å². The highest BCUT2D eigenvalue weighted by atomic mass is 35.5. The fourth-order valence-corrected chi connectivity index (χ4v) is 3.91. The Kier molecular flexibility index (Phi) is 5.98. The Bertz CT molecular complexity index is 1190. The van der Waals surface area contributed by atoms with Gasteiger partial charge in [-0.05, 0) is 25.1 Å². The number of nitrogens with zero attached hydrogens (tertiary/aromatic N) is 5. The van der Waals surface area contributed by atoms with Crippen molar-refractivity contribution < 1.29 is 23.4 Å². The summed E-state index contributed by atoms with van der Waals surface area (Å²) < 4.78 is 31.4. The molecule has 3 heterocycles. The predicted octanol–water partition coefficient (Wildman–Crippen LogP) is 3.52. The fraction of sp³-hybridized carbons (Fsp3) is 0.333. The fourth-order valence-electron chi connectivity index (χ4n) is 3.74. The Balaban J connectivity index is 1.83. The zero-order valence-electron chi connectivity index (χ0n) is 17.9. The van der Waals surface area contributed by atoms with Crippen LogP contribution in [0.15, 0.2) is 24.4 Å². The first-order chi connectivity index (χ1) is 15.4. The number of benzene rings is 1. The van der Waals surface area contributed by atoms with Gasteiger partial charge >= 0.3 is 6.01 Å². The average Bonchev–Trinajstić information content (AvgIpc) is 3.32. The lowest BCUT2D eigenvalue weighted by Gasteiger charge is -2.21. The molecule has 2 aromatic heterocycles. The maximum absolute atomic E-state index is 13.6. The third-order valence-electron chi connectivity index (χ3n) is 5.18. The van der Waals surface area contributed by atoms with Crippen LogP contribution in [0.4, 0.5) is 10.1 Å². The van der Waals surface area contributed by atoms with E-state index >= 15 is 0 Å². The summed E-state index contributed by atoms with van der Waals surface area (Å²) in [5.74, 6) is -0.129. The van der Waals surface area contributed by atoms with Gasteiger partial charge in [0, 0.05) is 19.0 Å². The first-order valence-electron chi connectivity index (χ1n) is 9.71. The lowest BCUT2D eigenvalue weighted by molar-refractivity contribution is 0.0992. The number of carbonyl (C=O) groups is 1. The second-order valence-electron chi connectivity index (χ2n) is 7.17. The third-order valence-corrected chi connectivity index (χ3v) is 5.47. The second kappa shape index (κ2) is 8.71. The van der Waals surface area contributed by atoms with Gasteiger partial charge in [0.15, 0.2) is 5.69 Å². The molecule has 4 rings (SSSR count). The van der Waals surface area contributed by atoms with E-state index in [-0.39, 0.29) is 41.1 Å². The number of halogens is 2. The summed E-state index contributed by atoms with van der Waals surface area (Å²) in [6.45, 7) is 2.57. The van der Waals surface area contributed by atoms with Crippen LogP contribution in [0.3, 0.4) is 0 Å². The molecule has 11 heteroatoms. The molecule has 9 nitrogen and oxygen atoms in total. The van der Waals surface area contributed by atoms with Crippen molar-refractivity contribution in [2.75, 3.05) is 32.8 Å². The van der Waals surface area contributed by atoms with Gasteiger partial charge in [0.05, 0.1) is 49.7 Å². The summed E-state index contributed by atoms with van der Waals surface area (Å²) in [5.41, 5.74) is 1.96. The van der Waals surface area contributed by atoms with Crippen molar-refractivity contribution in [2.45, 2.75) is 19.5 Å². The van der Waals surface area contributed by atoms with Crippen molar-refractivity contribution in [3.8, 4) is 23.3 Å². The molecule has 1 aliphatic heterocycles. The summed E-state index contributed by atoms with van der Waals surface area (Å²) in [4.78, 5) is 27.8. The highest BCUT2D eigenvalue weighted by Crippen LogP contribution is 2.37. The molecule has 0 aliphatic carbocycles. The highest BCUT2D eigenvalue weighted by molar-refractivity contribution is 6.31. The molecule has 0 radical (unpaired) electrons. The first kappa shape index (κ1) is 22.0. The number of fused-ring (bicyclic) bond motifs is 1. The van der Waals surface area contributed by atoms with E-state index in [0.29, 0.717) is 29.4 Å². The van der Waals surface area contributed by atoms with Gasteiger partial charge in [-0.1, -0.05) is 11.6 Å². The summed E-state index contributed by atoms with van der Waals surface area (Å²) in [7, 11) is 4.54. The van der Waals surface area contributed by atoms with Gasteiger partial charge in [-0.2, -0.15) is 4.98 Å². The van der Waals surface area contributed by atoms with Gasteiger partial charge < -0.3 is 23.7 Å². The van der Waals surface area contributed by atoms with Crippen molar-refractivity contribution in [1.82, 2.24) is 19.5 Å². The molecule has 0 N–H and O–H groups in total. The van der Waals surface area contributed by atoms with E-state index in [2.05, 4.69) is 15.0 Å². The van der Waals surface area contributed by atoms with Crippen molar-refractivity contribution in [1.29, 1.82) is 0 Å². The third kappa shape index (κ3) is 3.65. The Morgan fingerprint density at radius 3 is 2.66 bits per heavy atom. The van der Waals surface area contributed by atoms with Crippen LogP contribution in [0.25, 0.3) is 11.4 Å². The Morgan fingerprint density at radius 2 is 2.00 bits per heavy atom. The Hall–Kier alpha value is -3.24. The topological polar surface area (TPSA) is 91.6 Å². The molecule has 0 fully saturated rings. The minimum atomic E-state index is -0.551. The zero-order valence-corrected chi connectivity index (χ0v) is 18.7. The van der Waals surface area contributed by atoms with Gasteiger partial charge in [-0.3, -0.25) is 4.79 Å². The normalized spacial score (nSPS) is 13.9. The van der Waals surface area contributed by atoms with Crippen LogP contribution in [0.2, 0.25) is 5.02 Å². The monoisotopic (exact) mass is 461 g/mol. The average molecular weight is 462 g/mol. The van der Waals surface area contributed by atoms with Gasteiger partial charge in [-0.15, -0.1) is 0 Å². The molecule has 0 saturated heterocycles. The minimum absolute atomic E-state index is 0.0590. The summed E-state index contributed by atoms with van der Waals surface area (Å²) >= 11 is 5.92. The lowest BCUT2D eigenvalue weighted by atomic mass is 10.2. The number of hydrogen-bond donors (Lipinski definition) is 0. The second-order valence-corrected chi connectivity index (χ2v) is 7.58. The van der Waals surface area contributed by atoms with Crippen LogP contribution in [-0.4, -0.2) is 53.4 Å². The molecular weight excluding hydrogens is 441 g/mol. The molecule has 1 aliphatic rings. The highest BCUT2D eigenvalue weighted by Gasteiger charge is 2.37. The molecule has 0 saturated carbocycles. The van der Waals surface area contributed by atoms with E-state index in [1.807, 2.05) is 11.5 Å². The number of aromatic nitrogens is 4. The summed E-state index contributed by atoms with van der Waals surface area (Å²) in [6.07, 6.45) is 1.54. The maximum atomic E-state index is 13.6. The standard InChI is InChI=1S/C21H21ClFN5O4/c1-11(10-30-2)28-16-9-27(12-5-6-15(23)14(22)7-12)20(29)17(16)25-18(28)13-8-24-21(32-4)26-19(13)31-3/h5-8,11H,9-10H2,1-4H3. The van der Waals surface area contributed by atoms with Gasteiger partial charge in [0.1, 0.15) is 11.6 Å². The smallest absolute Gasteiger partial charge is 0.319 e. The van der Waals surface area contributed by atoms with E-state index in [9.17, 15) is 9.18 Å². The zero-order chi connectivity index (χ0) is 23.0. The molecule has 1 amide bonds. The van der Waals surface area contributed by atoms with E-state index < -0.39 is 5.82 Å². The van der Waals surface area contributed by atoms with Gasteiger partial charge in [0.25, 0.3) is 5.91 Å². The van der Waals surface area contributed by atoms with Crippen LogP contribution in [0, 0.1) is 5.82 Å². The molecule has 1 unspecified atom stereocenters. The molecule has 168 valence electrons. The number of rotatable bonds is 7. The van der Waals surface area contributed by atoms with Crippen molar-refractivity contribution in [3.63, 3.8) is 0 Å². The molecule has 1 aromatic carbocycles. The number of ether oxygens (including phenoxy) is 3. The number of imidazole rings is 1. The quantitative estimate of drug-likeness (QED) is 0.531.